The maximum absolute atomic E-state index is 11.5. The van der Waals surface area contributed by atoms with Gasteiger partial charge in [0.25, 0.3) is 0 Å². The molecule has 9 heteroatoms. The summed E-state index contributed by atoms with van der Waals surface area (Å²) in [5, 5.41) is 32.4. The molecule has 1 aromatic rings. The molecule has 1 heterocycles. The van der Waals surface area contributed by atoms with Gasteiger partial charge in [0.1, 0.15) is 17.7 Å². The van der Waals surface area contributed by atoms with Crippen LogP contribution in [0.15, 0.2) is 6.07 Å². The Labute approximate surface area is 129 Å². The number of aromatic nitrogens is 1. The molecule has 0 saturated heterocycles. The van der Waals surface area contributed by atoms with Crippen LogP contribution in [0, 0.1) is 18.3 Å². The molecule has 4 N–H and O–H groups in total. The highest BCUT2D eigenvalue weighted by Crippen LogP contribution is 2.20. The molecule has 0 saturated carbocycles. The fourth-order valence-electron chi connectivity index (χ4n) is 1.78. The molecular formula is C13H20N4O4S. The summed E-state index contributed by atoms with van der Waals surface area (Å²) in [5.74, 6) is 0.339. The van der Waals surface area contributed by atoms with Gasteiger partial charge in [0, 0.05) is 13.1 Å². The molecule has 0 atom stereocenters. The zero-order chi connectivity index (χ0) is 16.6. The summed E-state index contributed by atoms with van der Waals surface area (Å²) in [7, 11) is -3.33. The first-order chi connectivity index (χ1) is 10.4. The van der Waals surface area contributed by atoms with Gasteiger partial charge >= 0.3 is 0 Å². The van der Waals surface area contributed by atoms with Crippen LogP contribution in [0.25, 0.3) is 0 Å². The van der Waals surface area contributed by atoms with Crippen molar-refractivity contribution in [2.45, 2.75) is 6.92 Å². The summed E-state index contributed by atoms with van der Waals surface area (Å²) in [4.78, 5) is 4.21. The fourth-order valence-corrected chi connectivity index (χ4v) is 2.68. The molecule has 0 fully saturated rings. The van der Waals surface area contributed by atoms with E-state index in [4.69, 9.17) is 15.5 Å². The van der Waals surface area contributed by atoms with E-state index in [2.05, 4.69) is 15.6 Å². The van der Waals surface area contributed by atoms with E-state index < -0.39 is 16.4 Å². The van der Waals surface area contributed by atoms with E-state index in [9.17, 15) is 8.42 Å². The van der Waals surface area contributed by atoms with Crippen molar-refractivity contribution >= 4 is 21.5 Å². The monoisotopic (exact) mass is 328 g/mol. The molecule has 1 aromatic heterocycles. The number of anilines is 2. The number of nitriles is 1. The van der Waals surface area contributed by atoms with Gasteiger partial charge in [-0.1, -0.05) is 0 Å². The van der Waals surface area contributed by atoms with Crippen LogP contribution in [-0.4, -0.2) is 61.4 Å². The lowest BCUT2D eigenvalue weighted by Gasteiger charge is -2.12. The molecular weight excluding hydrogens is 308 g/mol. The lowest BCUT2D eigenvalue weighted by Crippen LogP contribution is -2.21. The summed E-state index contributed by atoms with van der Waals surface area (Å²) < 4.78 is 23.0. The zero-order valence-electron chi connectivity index (χ0n) is 12.3. The quantitative estimate of drug-likeness (QED) is 0.476. The van der Waals surface area contributed by atoms with Crippen LogP contribution >= 0.6 is 0 Å². The highest BCUT2D eigenvalue weighted by atomic mass is 32.2. The molecule has 22 heavy (non-hydrogen) atoms. The summed E-state index contributed by atoms with van der Waals surface area (Å²) >= 11 is 0. The van der Waals surface area contributed by atoms with E-state index in [0.29, 0.717) is 29.3 Å². The summed E-state index contributed by atoms with van der Waals surface area (Å²) in [6, 6.07) is 3.71. The van der Waals surface area contributed by atoms with Crippen molar-refractivity contribution in [2.75, 3.05) is 48.4 Å². The molecule has 0 aliphatic carbocycles. The number of hydrogen-bond acceptors (Lipinski definition) is 8. The number of aliphatic hydroxyl groups is 2. The molecule has 0 aliphatic heterocycles. The molecule has 0 unspecified atom stereocenters. The summed E-state index contributed by atoms with van der Waals surface area (Å²) in [6.07, 6.45) is 0. The second-order valence-electron chi connectivity index (χ2n) is 4.61. The average Bonchev–Trinajstić information content (AvgIpc) is 2.44. The molecule has 1 rings (SSSR count). The predicted octanol–water partition coefficient (Wildman–Crippen LogP) is -0.515. The molecule has 0 aliphatic rings. The SMILES string of the molecule is Cc1cc(NCCO)nc(NCCS(=O)(=O)CCO)c1C#N. The first-order valence-corrected chi connectivity index (χ1v) is 8.57. The van der Waals surface area contributed by atoms with Crippen LogP contribution in [0.5, 0.6) is 0 Å². The maximum Gasteiger partial charge on any atom is 0.154 e. The van der Waals surface area contributed by atoms with E-state index in [0.717, 1.165) is 0 Å². The number of rotatable bonds is 9. The minimum absolute atomic E-state index is 0.0527. The Morgan fingerprint density at radius 1 is 1.23 bits per heavy atom. The Kier molecular flexibility index (Phi) is 7.04. The lowest BCUT2D eigenvalue weighted by molar-refractivity contribution is 0.311. The van der Waals surface area contributed by atoms with Crippen LogP contribution in [-0.2, 0) is 9.84 Å². The zero-order valence-corrected chi connectivity index (χ0v) is 13.2. The predicted molar refractivity (Wildman–Crippen MR) is 83.5 cm³/mol. The van der Waals surface area contributed by atoms with E-state index in [1.165, 1.54) is 0 Å². The lowest BCUT2D eigenvalue weighted by atomic mass is 10.1. The van der Waals surface area contributed by atoms with Gasteiger partial charge in [-0.3, -0.25) is 0 Å². The maximum atomic E-state index is 11.5. The first-order valence-electron chi connectivity index (χ1n) is 6.75. The van der Waals surface area contributed by atoms with Gasteiger partial charge in [0.05, 0.1) is 30.3 Å². The Hall–Kier alpha value is -1.89. The van der Waals surface area contributed by atoms with Gasteiger partial charge in [-0.05, 0) is 18.6 Å². The first kappa shape index (κ1) is 18.2. The van der Waals surface area contributed by atoms with Gasteiger partial charge in [0.2, 0.25) is 0 Å². The molecule has 0 spiro atoms. The third kappa shape index (κ3) is 5.48. The van der Waals surface area contributed by atoms with E-state index >= 15 is 0 Å². The van der Waals surface area contributed by atoms with Crippen molar-refractivity contribution in [3.63, 3.8) is 0 Å². The second-order valence-corrected chi connectivity index (χ2v) is 6.92. The van der Waals surface area contributed by atoms with Crippen molar-refractivity contribution in [1.29, 1.82) is 5.26 Å². The number of pyridine rings is 1. The molecule has 8 nitrogen and oxygen atoms in total. The van der Waals surface area contributed by atoms with Crippen LogP contribution in [0.2, 0.25) is 0 Å². The minimum Gasteiger partial charge on any atom is -0.395 e. The molecule has 0 aromatic carbocycles. The Morgan fingerprint density at radius 3 is 2.55 bits per heavy atom. The Bertz CT molecular complexity index is 640. The summed E-state index contributed by atoms with van der Waals surface area (Å²) in [6.45, 7) is 1.69. The third-order valence-corrected chi connectivity index (χ3v) is 4.48. The number of aliphatic hydroxyl groups excluding tert-OH is 2. The van der Waals surface area contributed by atoms with Gasteiger partial charge < -0.3 is 20.8 Å². The highest BCUT2D eigenvalue weighted by molar-refractivity contribution is 7.91. The van der Waals surface area contributed by atoms with Gasteiger partial charge in [-0.15, -0.1) is 0 Å². The Balaban J connectivity index is 2.84. The molecule has 0 bridgehead atoms. The van der Waals surface area contributed by atoms with E-state index in [1.54, 1.807) is 13.0 Å². The highest BCUT2D eigenvalue weighted by Gasteiger charge is 2.13. The van der Waals surface area contributed by atoms with Crippen molar-refractivity contribution in [3.8, 4) is 6.07 Å². The summed E-state index contributed by atoms with van der Waals surface area (Å²) in [5.41, 5.74) is 1.03. The minimum atomic E-state index is -3.33. The van der Waals surface area contributed by atoms with Crippen LogP contribution < -0.4 is 10.6 Å². The van der Waals surface area contributed by atoms with Crippen LogP contribution in [0.1, 0.15) is 11.1 Å². The Morgan fingerprint density at radius 2 is 1.95 bits per heavy atom. The van der Waals surface area contributed by atoms with Crippen LogP contribution in [0.4, 0.5) is 11.6 Å². The second kappa shape index (κ2) is 8.53. The van der Waals surface area contributed by atoms with E-state index in [1.807, 2.05) is 6.07 Å². The third-order valence-electron chi connectivity index (χ3n) is 2.85. The average molecular weight is 328 g/mol. The number of hydrogen-bond donors (Lipinski definition) is 4. The van der Waals surface area contributed by atoms with Gasteiger partial charge in [0.15, 0.2) is 9.84 Å². The largest absolute Gasteiger partial charge is 0.395 e. The van der Waals surface area contributed by atoms with E-state index in [-0.39, 0.29) is 24.7 Å². The number of nitrogens with one attached hydrogen (secondary N) is 2. The van der Waals surface area contributed by atoms with Crippen LogP contribution in [0.3, 0.4) is 0 Å². The number of aryl methyl sites for hydroxylation is 1. The molecule has 0 radical (unpaired) electrons. The van der Waals surface area contributed by atoms with Crippen molar-refractivity contribution in [2.24, 2.45) is 0 Å². The topological polar surface area (TPSA) is 135 Å². The number of sulfone groups is 1. The molecule has 0 amide bonds. The molecule has 122 valence electrons. The van der Waals surface area contributed by atoms with Gasteiger partial charge in [-0.2, -0.15) is 5.26 Å². The van der Waals surface area contributed by atoms with Crippen molar-refractivity contribution in [1.82, 2.24) is 4.98 Å². The number of nitrogens with zero attached hydrogens (tertiary/aromatic N) is 2. The van der Waals surface area contributed by atoms with Gasteiger partial charge in [-0.25, -0.2) is 13.4 Å². The fraction of sp³-hybridized carbons (Fsp3) is 0.538. The normalized spacial score (nSPS) is 11.0. The smallest absolute Gasteiger partial charge is 0.154 e. The standard InChI is InChI=1S/C13H20N4O4S/c1-10-8-12(15-2-4-18)17-13(11(10)9-14)16-3-6-22(20,21)7-5-19/h8,18-19H,2-7H2,1H3,(H2,15,16,17). The van der Waals surface area contributed by atoms with Crippen molar-refractivity contribution in [3.05, 3.63) is 17.2 Å². The van der Waals surface area contributed by atoms with Crippen molar-refractivity contribution < 1.29 is 18.6 Å².